The molecule has 3 heteroatoms. The fraction of sp³-hybridized carbons (Fsp3) is 0.250. The minimum absolute atomic E-state index is 0.260. The highest BCUT2D eigenvalue weighted by Gasteiger charge is 2.34. The van der Waals surface area contributed by atoms with Gasteiger partial charge >= 0.3 is 0 Å². The first-order chi connectivity index (χ1) is 9.12. The predicted molar refractivity (Wildman–Crippen MR) is 79.7 cm³/mol. The van der Waals surface area contributed by atoms with Crippen molar-refractivity contribution in [3.63, 3.8) is 0 Å². The van der Waals surface area contributed by atoms with Gasteiger partial charge in [-0.25, -0.2) is 0 Å². The second-order valence-electron chi connectivity index (χ2n) is 5.06. The van der Waals surface area contributed by atoms with E-state index in [1.54, 1.807) is 7.11 Å². The highest BCUT2D eigenvalue weighted by atomic mass is 35.5. The zero-order valence-corrected chi connectivity index (χ0v) is 11.8. The van der Waals surface area contributed by atoms with Crippen LogP contribution in [0.4, 0.5) is 5.69 Å². The van der Waals surface area contributed by atoms with Gasteiger partial charge < -0.3 is 10.1 Å². The van der Waals surface area contributed by atoms with Crippen molar-refractivity contribution in [2.24, 2.45) is 0 Å². The highest BCUT2D eigenvalue weighted by molar-refractivity contribution is 6.30. The third kappa shape index (κ3) is 2.11. The summed E-state index contributed by atoms with van der Waals surface area (Å²) in [6.45, 7) is 2.91. The maximum atomic E-state index is 6.06. The van der Waals surface area contributed by atoms with Crippen LogP contribution in [-0.4, -0.2) is 13.7 Å². The van der Waals surface area contributed by atoms with Gasteiger partial charge in [-0.2, -0.15) is 0 Å². The van der Waals surface area contributed by atoms with Gasteiger partial charge in [-0.15, -0.1) is 0 Å². The molecule has 0 aromatic heterocycles. The van der Waals surface area contributed by atoms with Gasteiger partial charge in [0.1, 0.15) is 5.60 Å². The van der Waals surface area contributed by atoms with Crippen molar-refractivity contribution in [3.8, 4) is 11.1 Å². The maximum Gasteiger partial charge on any atom is 0.109 e. The molecule has 0 bridgehead atoms. The lowest BCUT2D eigenvalue weighted by molar-refractivity contribution is 0.0201. The number of fused-ring (bicyclic) bond motifs is 1. The van der Waals surface area contributed by atoms with Crippen LogP contribution in [0.1, 0.15) is 12.5 Å². The summed E-state index contributed by atoms with van der Waals surface area (Å²) in [7, 11) is 1.75. The van der Waals surface area contributed by atoms with Crippen molar-refractivity contribution in [1.82, 2.24) is 0 Å². The predicted octanol–water partition coefficient (Wildman–Crippen LogP) is 4.29. The Morgan fingerprint density at radius 2 is 1.95 bits per heavy atom. The molecule has 2 nitrogen and oxygen atoms in total. The number of methoxy groups -OCH3 is 1. The molecule has 98 valence electrons. The maximum absolute atomic E-state index is 6.06. The fourth-order valence-corrected chi connectivity index (χ4v) is 2.72. The minimum Gasteiger partial charge on any atom is -0.381 e. The molecule has 1 heterocycles. The molecule has 0 amide bonds. The molecule has 0 aliphatic carbocycles. The third-order valence-corrected chi connectivity index (χ3v) is 4.05. The van der Waals surface area contributed by atoms with E-state index in [0.29, 0.717) is 0 Å². The summed E-state index contributed by atoms with van der Waals surface area (Å²) in [4.78, 5) is 0. The zero-order valence-electron chi connectivity index (χ0n) is 11.0. The van der Waals surface area contributed by atoms with E-state index < -0.39 is 0 Å². The standard InChI is InChI=1S/C16H16ClNO/c1-16(19-2)10-18-15-7-6-12(9-14(15)16)11-4-3-5-13(17)8-11/h3-9,18H,10H2,1-2H3. The smallest absolute Gasteiger partial charge is 0.109 e. The Labute approximate surface area is 118 Å². The third-order valence-electron chi connectivity index (χ3n) is 3.81. The van der Waals surface area contributed by atoms with Gasteiger partial charge in [-0.1, -0.05) is 29.8 Å². The van der Waals surface area contributed by atoms with Crippen LogP contribution in [0.25, 0.3) is 11.1 Å². The Balaban J connectivity index is 2.09. The van der Waals surface area contributed by atoms with Crippen LogP contribution in [0.3, 0.4) is 0 Å². The van der Waals surface area contributed by atoms with Crippen molar-refractivity contribution in [3.05, 3.63) is 53.1 Å². The normalized spacial score (nSPS) is 21.0. The molecule has 1 aliphatic rings. The van der Waals surface area contributed by atoms with Gasteiger partial charge in [0.15, 0.2) is 0 Å². The Morgan fingerprint density at radius 3 is 2.68 bits per heavy atom. The molecule has 2 aromatic rings. The molecule has 1 unspecified atom stereocenters. The summed E-state index contributed by atoms with van der Waals surface area (Å²) in [6.07, 6.45) is 0. The van der Waals surface area contributed by atoms with E-state index in [0.717, 1.165) is 28.4 Å². The number of anilines is 1. The Kier molecular flexibility index (Phi) is 3.00. The second-order valence-corrected chi connectivity index (χ2v) is 5.50. The summed E-state index contributed by atoms with van der Waals surface area (Å²) in [6, 6.07) is 14.3. The van der Waals surface area contributed by atoms with Gasteiger partial charge in [-0.3, -0.25) is 0 Å². The second kappa shape index (κ2) is 4.55. The summed E-state index contributed by atoms with van der Waals surface area (Å²) in [5, 5.41) is 4.14. The van der Waals surface area contributed by atoms with Crippen molar-refractivity contribution < 1.29 is 4.74 Å². The van der Waals surface area contributed by atoms with Crippen LogP contribution in [0, 0.1) is 0 Å². The monoisotopic (exact) mass is 273 g/mol. The van der Waals surface area contributed by atoms with Crippen LogP contribution >= 0.6 is 11.6 Å². The molecule has 2 aromatic carbocycles. The summed E-state index contributed by atoms with van der Waals surface area (Å²) in [5.41, 5.74) is 4.38. The minimum atomic E-state index is -0.260. The summed E-state index contributed by atoms with van der Waals surface area (Å²) >= 11 is 6.06. The molecular formula is C16H16ClNO. The number of rotatable bonds is 2. The quantitative estimate of drug-likeness (QED) is 0.881. The lowest BCUT2D eigenvalue weighted by Gasteiger charge is -2.22. The number of halogens is 1. The average Bonchev–Trinajstić information content (AvgIpc) is 2.77. The van der Waals surface area contributed by atoms with E-state index >= 15 is 0 Å². The van der Waals surface area contributed by atoms with E-state index in [1.807, 2.05) is 18.2 Å². The topological polar surface area (TPSA) is 21.3 Å². The molecule has 1 aliphatic heterocycles. The number of ether oxygens (including phenoxy) is 1. The van der Waals surface area contributed by atoms with Gasteiger partial charge in [0, 0.05) is 29.9 Å². The average molecular weight is 274 g/mol. The van der Waals surface area contributed by atoms with Crippen LogP contribution in [-0.2, 0) is 10.3 Å². The molecule has 19 heavy (non-hydrogen) atoms. The molecule has 0 fully saturated rings. The van der Waals surface area contributed by atoms with Gasteiger partial charge in [0.2, 0.25) is 0 Å². The lowest BCUT2D eigenvalue weighted by Crippen LogP contribution is -2.26. The highest BCUT2D eigenvalue weighted by Crippen LogP contribution is 2.39. The first-order valence-corrected chi connectivity index (χ1v) is 6.70. The van der Waals surface area contributed by atoms with Gasteiger partial charge in [0.05, 0.1) is 0 Å². The first kappa shape index (κ1) is 12.5. The molecular weight excluding hydrogens is 258 g/mol. The number of hydrogen-bond acceptors (Lipinski definition) is 2. The summed E-state index contributed by atoms with van der Waals surface area (Å²) in [5.74, 6) is 0. The van der Waals surface area contributed by atoms with Crippen LogP contribution in [0.2, 0.25) is 5.02 Å². The van der Waals surface area contributed by atoms with Crippen LogP contribution in [0.15, 0.2) is 42.5 Å². The van der Waals surface area contributed by atoms with E-state index in [1.165, 1.54) is 5.56 Å². The van der Waals surface area contributed by atoms with E-state index in [9.17, 15) is 0 Å². The van der Waals surface area contributed by atoms with E-state index in [2.05, 4.69) is 36.5 Å². The van der Waals surface area contributed by atoms with Crippen molar-refractivity contribution >= 4 is 17.3 Å². The van der Waals surface area contributed by atoms with Gasteiger partial charge in [-0.05, 0) is 42.3 Å². The molecule has 0 spiro atoms. The molecule has 1 atom stereocenters. The Bertz CT molecular complexity index is 626. The molecule has 3 rings (SSSR count). The lowest BCUT2D eigenvalue weighted by atomic mass is 9.94. The van der Waals surface area contributed by atoms with E-state index in [4.69, 9.17) is 16.3 Å². The molecule has 0 saturated carbocycles. The van der Waals surface area contributed by atoms with Crippen LogP contribution in [0.5, 0.6) is 0 Å². The van der Waals surface area contributed by atoms with Crippen LogP contribution < -0.4 is 5.32 Å². The van der Waals surface area contributed by atoms with Crippen molar-refractivity contribution in [1.29, 1.82) is 0 Å². The van der Waals surface area contributed by atoms with E-state index in [-0.39, 0.29) is 5.60 Å². The number of benzene rings is 2. The SMILES string of the molecule is COC1(C)CNc2ccc(-c3cccc(Cl)c3)cc21. The molecule has 0 saturated heterocycles. The number of hydrogen-bond donors (Lipinski definition) is 1. The largest absolute Gasteiger partial charge is 0.381 e. The Hall–Kier alpha value is -1.51. The summed E-state index contributed by atoms with van der Waals surface area (Å²) < 4.78 is 5.65. The molecule has 1 N–H and O–H groups in total. The Morgan fingerprint density at radius 1 is 1.16 bits per heavy atom. The number of nitrogens with one attached hydrogen (secondary N) is 1. The van der Waals surface area contributed by atoms with Crippen molar-refractivity contribution in [2.45, 2.75) is 12.5 Å². The first-order valence-electron chi connectivity index (χ1n) is 6.32. The van der Waals surface area contributed by atoms with Crippen molar-refractivity contribution in [2.75, 3.05) is 19.0 Å². The molecule has 0 radical (unpaired) electrons. The zero-order chi connectivity index (χ0) is 13.5. The fourth-order valence-electron chi connectivity index (χ4n) is 2.52. The van der Waals surface area contributed by atoms with Gasteiger partial charge in [0.25, 0.3) is 0 Å².